The number of nitrogens with zero attached hydrogens (tertiary/aromatic N) is 2. The number of para-hydroxylation sites is 1. The molecule has 0 spiro atoms. The SMILES string of the molecule is O=C(CN1CC2CNCC2C1)N1CCSc2ccccc21. The van der Waals surface area contributed by atoms with Crippen LogP contribution in [0.5, 0.6) is 0 Å². The maximum absolute atomic E-state index is 12.7. The highest BCUT2D eigenvalue weighted by Crippen LogP contribution is 2.34. The number of carbonyl (C=O) groups excluding carboxylic acids is 1. The Hall–Kier alpha value is -1.04. The summed E-state index contributed by atoms with van der Waals surface area (Å²) in [4.78, 5) is 18.3. The number of fused-ring (bicyclic) bond motifs is 2. The number of hydrogen-bond acceptors (Lipinski definition) is 4. The monoisotopic (exact) mass is 303 g/mol. The summed E-state index contributed by atoms with van der Waals surface area (Å²) in [5.41, 5.74) is 1.10. The Morgan fingerprint density at radius 2 is 2.00 bits per heavy atom. The minimum Gasteiger partial charge on any atom is -0.316 e. The molecule has 0 radical (unpaired) electrons. The van der Waals surface area contributed by atoms with Crippen LogP contribution in [-0.4, -0.2) is 55.8 Å². The zero-order valence-electron chi connectivity index (χ0n) is 12.1. The molecule has 2 unspecified atom stereocenters. The summed E-state index contributed by atoms with van der Waals surface area (Å²) < 4.78 is 0. The lowest BCUT2D eigenvalue weighted by Crippen LogP contribution is -2.42. The van der Waals surface area contributed by atoms with Gasteiger partial charge in [0, 0.05) is 30.3 Å². The lowest BCUT2D eigenvalue weighted by Gasteiger charge is -2.30. The minimum absolute atomic E-state index is 0.260. The maximum Gasteiger partial charge on any atom is 0.241 e. The molecule has 0 saturated carbocycles. The molecule has 3 aliphatic heterocycles. The van der Waals surface area contributed by atoms with Gasteiger partial charge < -0.3 is 10.2 Å². The van der Waals surface area contributed by atoms with Crippen molar-refractivity contribution in [1.29, 1.82) is 0 Å². The molecule has 2 atom stereocenters. The summed E-state index contributed by atoms with van der Waals surface area (Å²) in [6, 6.07) is 8.26. The fraction of sp³-hybridized carbons (Fsp3) is 0.562. The largest absolute Gasteiger partial charge is 0.316 e. The summed E-state index contributed by atoms with van der Waals surface area (Å²) in [5, 5.41) is 3.45. The summed E-state index contributed by atoms with van der Waals surface area (Å²) in [7, 11) is 0. The van der Waals surface area contributed by atoms with E-state index in [1.165, 1.54) is 4.90 Å². The van der Waals surface area contributed by atoms with Crippen molar-refractivity contribution in [2.75, 3.05) is 49.9 Å². The topological polar surface area (TPSA) is 35.6 Å². The van der Waals surface area contributed by atoms with Crippen LogP contribution in [0.3, 0.4) is 0 Å². The fourth-order valence-electron chi connectivity index (χ4n) is 3.79. The Kier molecular flexibility index (Phi) is 3.65. The van der Waals surface area contributed by atoms with E-state index in [1.54, 1.807) is 0 Å². The second-order valence-electron chi connectivity index (χ2n) is 6.23. The Balaban J connectivity index is 1.44. The number of amides is 1. The highest BCUT2D eigenvalue weighted by molar-refractivity contribution is 7.99. The first kappa shape index (κ1) is 13.6. The summed E-state index contributed by atoms with van der Waals surface area (Å²) >= 11 is 1.85. The number of hydrogen-bond donors (Lipinski definition) is 1. The second kappa shape index (κ2) is 5.63. The van der Waals surface area contributed by atoms with Gasteiger partial charge >= 0.3 is 0 Å². The molecule has 5 heteroatoms. The van der Waals surface area contributed by atoms with E-state index in [-0.39, 0.29) is 5.91 Å². The van der Waals surface area contributed by atoms with Crippen LogP contribution in [0.4, 0.5) is 5.69 Å². The van der Waals surface area contributed by atoms with Crippen molar-refractivity contribution in [3.8, 4) is 0 Å². The fourth-order valence-corrected chi connectivity index (χ4v) is 4.78. The lowest BCUT2D eigenvalue weighted by molar-refractivity contribution is -0.119. The average molecular weight is 303 g/mol. The summed E-state index contributed by atoms with van der Waals surface area (Å²) in [6.45, 7) is 5.81. The average Bonchev–Trinajstić information content (AvgIpc) is 3.07. The number of carbonyl (C=O) groups is 1. The predicted molar refractivity (Wildman–Crippen MR) is 85.8 cm³/mol. The van der Waals surface area contributed by atoms with Crippen molar-refractivity contribution in [2.24, 2.45) is 11.8 Å². The molecule has 2 fully saturated rings. The van der Waals surface area contributed by atoms with E-state index >= 15 is 0 Å². The molecule has 3 heterocycles. The normalized spacial score (nSPS) is 28.5. The number of anilines is 1. The van der Waals surface area contributed by atoms with Gasteiger partial charge in [0.25, 0.3) is 0 Å². The number of thioether (sulfide) groups is 1. The van der Waals surface area contributed by atoms with Crippen molar-refractivity contribution in [2.45, 2.75) is 4.90 Å². The van der Waals surface area contributed by atoms with Gasteiger partial charge in [0.1, 0.15) is 0 Å². The molecule has 1 aromatic rings. The Bertz CT molecular complexity index is 538. The van der Waals surface area contributed by atoms with E-state index in [0.29, 0.717) is 6.54 Å². The Morgan fingerprint density at radius 3 is 2.81 bits per heavy atom. The summed E-state index contributed by atoms with van der Waals surface area (Å²) in [5.74, 6) is 2.76. The molecule has 3 aliphatic rings. The van der Waals surface area contributed by atoms with E-state index < -0.39 is 0 Å². The second-order valence-corrected chi connectivity index (χ2v) is 7.37. The molecular weight excluding hydrogens is 282 g/mol. The van der Waals surface area contributed by atoms with Crippen molar-refractivity contribution in [1.82, 2.24) is 10.2 Å². The third-order valence-electron chi connectivity index (χ3n) is 4.85. The third kappa shape index (κ3) is 2.58. The maximum atomic E-state index is 12.7. The van der Waals surface area contributed by atoms with Gasteiger partial charge in [0.2, 0.25) is 5.91 Å². The van der Waals surface area contributed by atoms with Crippen LogP contribution in [0.15, 0.2) is 29.2 Å². The highest BCUT2D eigenvalue weighted by Gasteiger charge is 2.37. The van der Waals surface area contributed by atoms with Crippen molar-refractivity contribution >= 4 is 23.4 Å². The van der Waals surface area contributed by atoms with Crippen LogP contribution in [0.25, 0.3) is 0 Å². The quantitative estimate of drug-likeness (QED) is 0.893. The number of nitrogens with one attached hydrogen (secondary N) is 1. The van der Waals surface area contributed by atoms with Crippen molar-refractivity contribution in [3.63, 3.8) is 0 Å². The minimum atomic E-state index is 0.260. The van der Waals surface area contributed by atoms with Crippen LogP contribution in [0, 0.1) is 11.8 Å². The van der Waals surface area contributed by atoms with Crippen LogP contribution in [0.2, 0.25) is 0 Å². The lowest BCUT2D eigenvalue weighted by atomic mass is 10.0. The van der Waals surface area contributed by atoms with Gasteiger partial charge in [0.15, 0.2) is 0 Å². The van der Waals surface area contributed by atoms with E-state index in [9.17, 15) is 4.79 Å². The molecular formula is C16H21N3OS. The molecule has 2 saturated heterocycles. The number of rotatable bonds is 2. The molecule has 0 aliphatic carbocycles. The zero-order chi connectivity index (χ0) is 14.2. The molecule has 21 heavy (non-hydrogen) atoms. The first-order valence-corrected chi connectivity index (χ1v) is 8.75. The first-order chi connectivity index (χ1) is 10.3. The van der Waals surface area contributed by atoms with Crippen LogP contribution in [-0.2, 0) is 4.79 Å². The Labute approximate surface area is 129 Å². The van der Waals surface area contributed by atoms with Gasteiger partial charge in [-0.05, 0) is 37.1 Å². The molecule has 4 rings (SSSR count). The molecule has 1 N–H and O–H groups in total. The van der Waals surface area contributed by atoms with Crippen molar-refractivity contribution < 1.29 is 4.79 Å². The molecule has 4 nitrogen and oxygen atoms in total. The molecule has 0 aromatic heterocycles. The van der Waals surface area contributed by atoms with Gasteiger partial charge in [-0.25, -0.2) is 0 Å². The highest BCUT2D eigenvalue weighted by atomic mass is 32.2. The van der Waals surface area contributed by atoms with Crippen LogP contribution < -0.4 is 10.2 Å². The van der Waals surface area contributed by atoms with Gasteiger partial charge in [-0.1, -0.05) is 12.1 Å². The number of benzene rings is 1. The van der Waals surface area contributed by atoms with Crippen molar-refractivity contribution in [3.05, 3.63) is 24.3 Å². The third-order valence-corrected chi connectivity index (χ3v) is 5.90. The van der Waals surface area contributed by atoms with Gasteiger partial charge in [0.05, 0.1) is 12.2 Å². The Morgan fingerprint density at radius 1 is 1.24 bits per heavy atom. The molecule has 112 valence electrons. The van der Waals surface area contributed by atoms with Gasteiger partial charge in [-0.3, -0.25) is 9.69 Å². The van der Waals surface area contributed by atoms with E-state index in [2.05, 4.69) is 28.4 Å². The van der Waals surface area contributed by atoms with Crippen LogP contribution in [0.1, 0.15) is 0 Å². The number of likely N-dealkylation sites (tertiary alicyclic amines) is 1. The predicted octanol–water partition coefficient (Wildman–Crippen LogP) is 1.28. The van der Waals surface area contributed by atoms with E-state index in [1.807, 2.05) is 22.7 Å². The standard InChI is InChI=1S/C16H21N3OS/c20-16(11-18-9-12-7-17-8-13(12)10-18)19-5-6-21-15-4-2-1-3-14(15)19/h1-4,12-13,17H,5-11H2. The van der Waals surface area contributed by atoms with Crippen LogP contribution >= 0.6 is 11.8 Å². The first-order valence-electron chi connectivity index (χ1n) is 7.76. The van der Waals surface area contributed by atoms with Gasteiger partial charge in [-0.2, -0.15) is 0 Å². The molecule has 1 aromatic carbocycles. The van der Waals surface area contributed by atoms with E-state index in [0.717, 1.165) is 56.0 Å². The molecule has 0 bridgehead atoms. The van der Waals surface area contributed by atoms with Gasteiger partial charge in [-0.15, -0.1) is 11.8 Å². The van der Waals surface area contributed by atoms with E-state index in [4.69, 9.17) is 0 Å². The smallest absolute Gasteiger partial charge is 0.241 e. The zero-order valence-corrected chi connectivity index (χ0v) is 12.9. The summed E-state index contributed by atoms with van der Waals surface area (Å²) in [6.07, 6.45) is 0. The molecule has 1 amide bonds.